The second-order valence-electron chi connectivity index (χ2n) is 8.64. The highest BCUT2D eigenvalue weighted by Gasteiger charge is 2.24. The average Bonchev–Trinajstić information content (AvgIpc) is 3.28. The van der Waals surface area contributed by atoms with Gasteiger partial charge in [-0.05, 0) is 55.5 Å². The lowest BCUT2D eigenvalue weighted by Gasteiger charge is -2.31. The van der Waals surface area contributed by atoms with Gasteiger partial charge in [0.05, 0.1) is 4.90 Å². The molecule has 1 aromatic heterocycles. The molecule has 2 N–H and O–H groups in total. The van der Waals surface area contributed by atoms with Crippen molar-refractivity contribution in [2.45, 2.75) is 38.0 Å². The lowest BCUT2D eigenvalue weighted by Crippen LogP contribution is -2.38. The quantitative estimate of drug-likeness (QED) is 0.491. The van der Waals surface area contributed by atoms with E-state index in [0.29, 0.717) is 12.2 Å². The Kier molecular flexibility index (Phi) is 7.60. The number of rotatable bonds is 8. The zero-order valence-electron chi connectivity index (χ0n) is 19.3. The van der Waals surface area contributed by atoms with E-state index in [4.69, 9.17) is 4.98 Å². The number of sulfonamides is 1. The predicted octanol–water partition coefficient (Wildman–Crippen LogP) is 3.59. The Balaban J connectivity index is 1.26. The molecule has 10 heteroatoms. The molecule has 0 spiro atoms. The van der Waals surface area contributed by atoms with E-state index in [1.807, 2.05) is 0 Å². The SMILES string of the molecule is CC(=O)Nc1ccc(S(=O)(=O)NCC2CCN(c3nc(Cc4ccc(C)cc4)ns3)CC2)cc1. The third kappa shape index (κ3) is 6.40. The Morgan fingerprint density at radius 1 is 1.09 bits per heavy atom. The number of amides is 1. The molecule has 0 aliphatic carbocycles. The van der Waals surface area contributed by atoms with Gasteiger partial charge in [0.2, 0.25) is 21.1 Å². The Bertz CT molecular complexity index is 1220. The Morgan fingerprint density at radius 2 is 1.76 bits per heavy atom. The molecule has 8 nitrogen and oxygen atoms in total. The molecule has 1 fully saturated rings. The van der Waals surface area contributed by atoms with E-state index in [-0.39, 0.29) is 16.7 Å². The smallest absolute Gasteiger partial charge is 0.240 e. The first-order chi connectivity index (χ1) is 16.3. The summed E-state index contributed by atoms with van der Waals surface area (Å²) in [4.78, 5) is 18.3. The largest absolute Gasteiger partial charge is 0.347 e. The van der Waals surface area contributed by atoms with Crippen molar-refractivity contribution in [2.24, 2.45) is 5.92 Å². The van der Waals surface area contributed by atoms with Crippen LogP contribution in [0.25, 0.3) is 0 Å². The number of benzene rings is 2. The highest BCUT2D eigenvalue weighted by molar-refractivity contribution is 7.89. The van der Waals surface area contributed by atoms with Gasteiger partial charge in [0, 0.05) is 50.2 Å². The predicted molar refractivity (Wildman–Crippen MR) is 135 cm³/mol. The molecule has 0 radical (unpaired) electrons. The minimum absolute atomic E-state index is 0.189. The van der Waals surface area contributed by atoms with Gasteiger partial charge in [-0.25, -0.2) is 18.1 Å². The number of anilines is 2. The minimum atomic E-state index is -3.60. The number of carbonyl (C=O) groups excluding carboxylic acids is 1. The molecule has 1 aliphatic heterocycles. The topological polar surface area (TPSA) is 104 Å². The van der Waals surface area contributed by atoms with Gasteiger partial charge in [-0.2, -0.15) is 4.37 Å². The van der Waals surface area contributed by atoms with Gasteiger partial charge in [-0.15, -0.1) is 0 Å². The fourth-order valence-electron chi connectivity index (χ4n) is 3.89. The van der Waals surface area contributed by atoms with Crippen LogP contribution < -0.4 is 14.9 Å². The summed E-state index contributed by atoms with van der Waals surface area (Å²) in [6.45, 7) is 5.54. The Hall–Kier alpha value is -2.82. The summed E-state index contributed by atoms with van der Waals surface area (Å²) in [6, 6.07) is 14.6. The Labute approximate surface area is 204 Å². The summed E-state index contributed by atoms with van der Waals surface area (Å²) >= 11 is 1.43. The molecule has 3 aromatic rings. The van der Waals surface area contributed by atoms with E-state index >= 15 is 0 Å². The van der Waals surface area contributed by atoms with Crippen LogP contribution >= 0.6 is 11.5 Å². The molecule has 4 rings (SSSR count). The summed E-state index contributed by atoms with van der Waals surface area (Å²) in [5, 5.41) is 3.56. The maximum absolute atomic E-state index is 12.6. The normalized spacial score (nSPS) is 14.8. The first kappa shape index (κ1) is 24.3. The fraction of sp³-hybridized carbons (Fsp3) is 0.375. The van der Waals surface area contributed by atoms with E-state index in [1.54, 1.807) is 12.1 Å². The van der Waals surface area contributed by atoms with Crippen LogP contribution in [0.3, 0.4) is 0 Å². The third-order valence-electron chi connectivity index (χ3n) is 5.87. The number of carbonyl (C=O) groups is 1. The van der Waals surface area contributed by atoms with Gasteiger partial charge in [-0.1, -0.05) is 29.8 Å². The van der Waals surface area contributed by atoms with Crippen molar-refractivity contribution >= 4 is 38.3 Å². The molecule has 34 heavy (non-hydrogen) atoms. The molecule has 2 aromatic carbocycles. The number of hydrogen-bond acceptors (Lipinski definition) is 7. The lowest BCUT2D eigenvalue weighted by molar-refractivity contribution is -0.114. The van der Waals surface area contributed by atoms with Crippen LogP contribution in [-0.4, -0.2) is 43.3 Å². The second-order valence-corrected chi connectivity index (χ2v) is 11.1. The van der Waals surface area contributed by atoms with E-state index in [1.165, 1.54) is 41.7 Å². The van der Waals surface area contributed by atoms with Gasteiger partial charge >= 0.3 is 0 Å². The monoisotopic (exact) mass is 499 g/mol. The average molecular weight is 500 g/mol. The van der Waals surface area contributed by atoms with Crippen LogP contribution in [0.5, 0.6) is 0 Å². The van der Waals surface area contributed by atoms with Gasteiger partial charge in [0.1, 0.15) is 5.82 Å². The molecule has 0 atom stereocenters. The molecule has 1 aliphatic rings. The maximum atomic E-state index is 12.6. The van der Waals surface area contributed by atoms with Gasteiger partial charge in [-0.3, -0.25) is 4.79 Å². The van der Waals surface area contributed by atoms with Crippen molar-refractivity contribution in [3.8, 4) is 0 Å². The molecular weight excluding hydrogens is 470 g/mol. The molecule has 0 bridgehead atoms. The van der Waals surface area contributed by atoms with Crippen molar-refractivity contribution in [3.63, 3.8) is 0 Å². The van der Waals surface area contributed by atoms with E-state index in [0.717, 1.165) is 43.3 Å². The van der Waals surface area contributed by atoms with Crippen molar-refractivity contribution in [1.29, 1.82) is 0 Å². The first-order valence-corrected chi connectivity index (χ1v) is 13.5. The molecule has 1 amide bonds. The van der Waals surface area contributed by atoms with Crippen LogP contribution in [-0.2, 0) is 21.2 Å². The number of hydrogen-bond donors (Lipinski definition) is 2. The van der Waals surface area contributed by atoms with Gasteiger partial charge in [0.15, 0.2) is 0 Å². The van der Waals surface area contributed by atoms with Crippen molar-refractivity contribution < 1.29 is 13.2 Å². The molecule has 2 heterocycles. The Morgan fingerprint density at radius 3 is 2.41 bits per heavy atom. The van der Waals surface area contributed by atoms with Gasteiger partial charge in [0.25, 0.3) is 0 Å². The van der Waals surface area contributed by atoms with Crippen molar-refractivity contribution in [3.05, 3.63) is 65.5 Å². The number of aryl methyl sites for hydroxylation is 1. The summed E-state index contributed by atoms with van der Waals surface area (Å²) in [6.07, 6.45) is 2.49. The number of nitrogens with one attached hydrogen (secondary N) is 2. The maximum Gasteiger partial charge on any atom is 0.240 e. The fourth-order valence-corrected chi connectivity index (χ4v) is 5.75. The second kappa shape index (κ2) is 10.6. The molecule has 0 saturated carbocycles. The van der Waals surface area contributed by atoms with Crippen LogP contribution in [0.4, 0.5) is 10.8 Å². The first-order valence-electron chi connectivity index (χ1n) is 11.3. The number of aromatic nitrogens is 2. The van der Waals surface area contributed by atoms with Crippen LogP contribution in [0.2, 0.25) is 0 Å². The van der Waals surface area contributed by atoms with Crippen LogP contribution in [0.1, 0.15) is 36.7 Å². The molecule has 180 valence electrons. The molecule has 1 saturated heterocycles. The van der Waals surface area contributed by atoms with E-state index in [9.17, 15) is 13.2 Å². The third-order valence-corrected chi connectivity index (χ3v) is 8.13. The van der Waals surface area contributed by atoms with Crippen molar-refractivity contribution in [2.75, 3.05) is 29.9 Å². The molecular formula is C24H29N5O3S2. The minimum Gasteiger partial charge on any atom is -0.347 e. The number of nitrogens with zero attached hydrogens (tertiary/aromatic N) is 3. The highest BCUT2D eigenvalue weighted by atomic mass is 32.2. The summed E-state index contributed by atoms with van der Waals surface area (Å²) in [7, 11) is -3.60. The zero-order valence-corrected chi connectivity index (χ0v) is 21.0. The highest BCUT2D eigenvalue weighted by Crippen LogP contribution is 2.25. The standard InChI is InChI=1S/C24H29N5O3S2/c1-17-3-5-19(6-4-17)15-23-27-24(33-28-23)29-13-11-20(12-14-29)16-25-34(31,32)22-9-7-21(8-10-22)26-18(2)30/h3-10,20,25H,11-16H2,1-2H3,(H,26,30). The van der Waals surface area contributed by atoms with Crippen LogP contribution in [0, 0.1) is 12.8 Å². The van der Waals surface area contributed by atoms with Gasteiger partial charge < -0.3 is 10.2 Å². The van der Waals surface area contributed by atoms with Crippen LogP contribution in [0.15, 0.2) is 53.4 Å². The van der Waals surface area contributed by atoms with E-state index in [2.05, 4.69) is 50.5 Å². The summed E-state index contributed by atoms with van der Waals surface area (Å²) in [5.41, 5.74) is 3.00. The zero-order chi connectivity index (χ0) is 24.1. The number of piperidine rings is 1. The van der Waals surface area contributed by atoms with E-state index < -0.39 is 10.0 Å². The van der Waals surface area contributed by atoms with Crippen molar-refractivity contribution in [1.82, 2.24) is 14.1 Å². The molecule has 0 unspecified atom stereocenters. The summed E-state index contributed by atoms with van der Waals surface area (Å²) in [5.74, 6) is 0.906. The lowest BCUT2D eigenvalue weighted by atomic mass is 9.97. The summed E-state index contributed by atoms with van der Waals surface area (Å²) < 4.78 is 32.5.